The van der Waals surface area contributed by atoms with Crippen LogP contribution in [-0.4, -0.2) is 30.6 Å². The van der Waals surface area contributed by atoms with Crippen LogP contribution in [-0.2, 0) is 24.4 Å². The molecule has 154 valence electrons. The molecule has 8 nitrogen and oxygen atoms in total. The number of hydrogen-bond donors (Lipinski definition) is 1. The maximum atomic E-state index is 13.1. The minimum absolute atomic E-state index is 0.157. The van der Waals surface area contributed by atoms with Crippen LogP contribution in [0.1, 0.15) is 65.2 Å². The Hall–Kier alpha value is -2.38. The lowest BCUT2D eigenvalue weighted by molar-refractivity contribution is -0.122. The molecule has 28 heavy (non-hydrogen) atoms. The van der Waals surface area contributed by atoms with E-state index in [9.17, 15) is 14.4 Å². The summed E-state index contributed by atoms with van der Waals surface area (Å²) in [5.74, 6) is -0.271. The minimum Gasteiger partial charge on any atom is -0.352 e. The summed E-state index contributed by atoms with van der Waals surface area (Å²) in [6, 6.07) is 0.157. The van der Waals surface area contributed by atoms with E-state index in [-0.39, 0.29) is 18.5 Å². The molecular weight excluding hydrogens is 358 g/mol. The van der Waals surface area contributed by atoms with E-state index < -0.39 is 11.2 Å². The van der Waals surface area contributed by atoms with Gasteiger partial charge < -0.3 is 9.88 Å². The van der Waals surface area contributed by atoms with E-state index in [1.807, 2.05) is 11.5 Å². The minimum atomic E-state index is -0.451. The van der Waals surface area contributed by atoms with Gasteiger partial charge in [0.05, 0.1) is 6.33 Å². The van der Waals surface area contributed by atoms with Crippen LogP contribution in [0.4, 0.5) is 0 Å². The molecule has 0 aromatic carbocycles. The first-order chi connectivity index (χ1) is 13.6. The number of carbonyl (C=O) groups excluding carboxylic acids is 1. The summed E-state index contributed by atoms with van der Waals surface area (Å²) in [6.07, 6.45) is 9.42. The highest BCUT2D eigenvalue weighted by Crippen LogP contribution is 2.17. The van der Waals surface area contributed by atoms with Crippen molar-refractivity contribution < 1.29 is 4.79 Å². The van der Waals surface area contributed by atoms with Crippen LogP contribution in [0.2, 0.25) is 0 Å². The summed E-state index contributed by atoms with van der Waals surface area (Å²) in [5.41, 5.74) is -0.0407. The molecule has 2 heterocycles. The predicted molar refractivity (Wildman–Crippen MR) is 108 cm³/mol. The van der Waals surface area contributed by atoms with Crippen molar-refractivity contribution >= 4 is 17.1 Å². The molecule has 1 fully saturated rings. The van der Waals surface area contributed by atoms with E-state index in [1.54, 1.807) is 10.9 Å². The topological polar surface area (TPSA) is 90.9 Å². The van der Waals surface area contributed by atoms with E-state index in [2.05, 4.69) is 17.2 Å². The second-order valence-electron chi connectivity index (χ2n) is 7.69. The van der Waals surface area contributed by atoms with Crippen molar-refractivity contribution in [3.8, 4) is 0 Å². The van der Waals surface area contributed by atoms with E-state index >= 15 is 0 Å². The highest BCUT2D eigenvalue weighted by Gasteiger charge is 2.21. The zero-order valence-electron chi connectivity index (χ0n) is 16.9. The van der Waals surface area contributed by atoms with E-state index in [4.69, 9.17) is 0 Å². The zero-order valence-corrected chi connectivity index (χ0v) is 16.9. The molecule has 8 heteroatoms. The first kappa shape index (κ1) is 20.4. The van der Waals surface area contributed by atoms with Gasteiger partial charge in [0.15, 0.2) is 11.2 Å². The average molecular weight is 390 g/mol. The fourth-order valence-corrected chi connectivity index (χ4v) is 3.88. The lowest BCUT2D eigenvalue weighted by Gasteiger charge is -2.14. The Morgan fingerprint density at radius 2 is 1.79 bits per heavy atom. The lowest BCUT2D eigenvalue weighted by Crippen LogP contribution is -2.45. The van der Waals surface area contributed by atoms with Crippen molar-refractivity contribution in [2.24, 2.45) is 0 Å². The molecule has 0 bridgehead atoms. The monoisotopic (exact) mass is 389 g/mol. The molecule has 0 unspecified atom stereocenters. The number of aryl methyl sites for hydroxylation is 2. The van der Waals surface area contributed by atoms with Gasteiger partial charge in [-0.3, -0.25) is 14.2 Å². The molecule has 1 aliphatic carbocycles. The second-order valence-corrected chi connectivity index (χ2v) is 7.69. The van der Waals surface area contributed by atoms with Gasteiger partial charge in [0, 0.05) is 19.1 Å². The third kappa shape index (κ3) is 4.20. The molecule has 1 N–H and O–H groups in total. The van der Waals surface area contributed by atoms with Gasteiger partial charge in [-0.25, -0.2) is 14.3 Å². The Labute approximate surface area is 164 Å². The number of nitrogens with one attached hydrogen (secondary N) is 1. The van der Waals surface area contributed by atoms with Crippen LogP contribution in [0.5, 0.6) is 0 Å². The Morgan fingerprint density at radius 3 is 2.46 bits per heavy atom. The fourth-order valence-electron chi connectivity index (χ4n) is 3.88. The van der Waals surface area contributed by atoms with Gasteiger partial charge in [0.25, 0.3) is 5.56 Å². The molecule has 2 aromatic rings. The lowest BCUT2D eigenvalue weighted by atomic mass is 10.2. The van der Waals surface area contributed by atoms with Gasteiger partial charge in [-0.05, 0) is 25.7 Å². The first-order valence-electron chi connectivity index (χ1n) is 10.5. The molecule has 0 saturated heterocycles. The van der Waals surface area contributed by atoms with Crippen LogP contribution in [0, 0.1) is 0 Å². The predicted octanol–water partition coefficient (Wildman–Crippen LogP) is 2.02. The average Bonchev–Trinajstić information content (AvgIpc) is 3.33. The van der Waals surface area contributed by atoms with Crippen molar-refractivity contribution in [1.29, 1.82) is 0 Å². The van der Waals surface area contributed by atoms with E-state index in [1.165, 1.54) is 0 Å². The molecule has 2 aromatic heterocycles. The quantitative estimate of drug-likeness (QED) is 0.710. The molecule has 0 atom stereocenters. The van der Waals surface area contributed by atoms with Crippen molar-refractivity contribution in [2.75, 3.05) is 0 Å². The number of aromatic nitrogens is 4. The maximum Gasteiger partial charge on any atom is 0.333 e. The molecule has 1 saturated carbocycles. The van der Waals surface area contributed by atoms with Crippen molar-refractivity contribution in [1.82, 2.24) is 24.0 Å². The second kappa shape index (κ2) is 9.21. The Kier molecular flexibility index (Phi) is 6.70. The fraction of sp³-hybridized carbons (Fsp3) is 0.700. The van der Waals surface area contributed by atoms with Crippen LogP contribution in [0.3, 0.4) is 0 Å². The third-order valence-corrected chi connectivity index (χ3v) is 5.49. The van der Waals surface area contributed by atoms with Crippen LogP contribution >= 0.6 is 0 Å². The summed E-state index contributed by atoms with van der Waals surface area (Å²) in [5, 5.41) is 2.97. The van der Waals surface area contributed by atoms with Crippen molar-refractivity contribution in [3.05, 3.63) is 27.2 Å². The SMILES string of the molecule is CCCCn1cnc2c1c(=O)n(CC(=O)NC1CCCC1)c(=O)n2CCCC. The number of rotatable bonds is 9. The van der Waals surface area contributed by atoms with Gasteiger partial charge >= 0.3 is 5.69 Å². The van der Waals surface area contributed by atoms with Gasteiger partial charge in [-0.1, -0.05) is 39.5 Å². The number of amides is 1. The molecule has 1 amide bonds. The van der Waals surface area contributed by atoms with Crippen molar-refractivity contribution in [2.45, 2.75) is 90.9 Å². The van der Waals surface area contributed by atoms with Crippen LogP contribution in [0.25, 0.3) is 11.2 Å². The van der Waals surface area contributed by atoms with Gasteiger partial charge in [0.2, 0.25) is 5.91 Å². The number of imidazole rings is 1. The molecular formula is C20H31N5O3. The summed E-state index contributed by atoms with van der Waals surface area (Å²) in [6.45, 7) is 5.05. The molecule has 1 aliphatic rings. The summed E-state index contributed by atoms with van der Waals surface area (Å²) < 4.78 is 4.44. The summed E-state index contributed by atoms with van der Waals surface area (Å²) >= 11 is 0. The normalized spacial score (nSPS) is 14.8. The van der Waals surface area contributed by atoms with Gasteiger partial charge in [-0.2, -0.15) is 0 Å². The largest absolute Gasteiger partial charge is 0.352 e. The van der Waals surface area contributed by atoms with Gasteiger partial charge in [-0.15, -0.1) is 0 Å². The number of nitrogens with zero attached hydrogens (tertiary/aromatic N) is 4. The van der Waals surface area contributed by atoms with E-state index in [0.717, 1.165) is 55.9 Å². The standard InChI is InChI=1S/C20H31N5O3/c1-3-5-11-23-14-21-18-17(23)19(27)25(20(28)24(18)12-6-4-2)13-16(26)22-15-9-7-8-10-15/h14-15H,3-13H2,1-2H3,(H,22,26). The highest BCUT2D eigenvalue weighted by molar-refractivity contribution is 5.77. The van der Waals surface area contributed by atoms with Crippen LogP contribution < -0.4 is 16.6 Å². The first-order valence-corrected chi connectivity index (χ1v) is 10.5. The highest BCUT2D eigenvalue weighted by atomic mass is 16.2. The Morgan fingerprint density at radius 1 is 1.11 bits per heavy atom. The number of unbranched alkanes of at least 4 members (excludes halogenated alkanes) is 2. The zero-order chi connectivity index (χ0) is 20.1. The number of hydrogen-bond acceptors (Lipinski definition) is 4. The van der Waals surface area contributed by atoms with Crippen molar-refractivity contribution in [3.63, 3.8) is 0 Å². The molecule has 0 radical (unpaired) electrons. The number of fused-ring (bicyclic) bond motifs is 1. The molecule has 0 spiro atoms. The van der Waals surface area contributed by atoms with Gasteiger partial charge in [0.1, 0.15) is 6.54 Å². The Bertz CT molecular complexity index is 934. The Balaban J connectivity index is 2.00. The number of carbonyl (C=O) groups is 1. The third-order valence-electron chi connectivity index (χ3n) is 5.49. The summed E-state index contributed by atoms with van der Waals surface area (Å²) in [7, 11) is 0. The summed E-state index contributed by atoms with van der Waals surface area (Å²) in [4.78, 5) is 43.0. The van der Waals surface area contributed by atoms with E-state index in [0.29, 0.717) is 24.3 Å². The smallest absolute Gasteiger partial charge is 0.333 e. The maximum absolute atomic E-state index is 13.1. The molecule has 0 aliphatic heterocycles. The molecule has 3 rings (SSSR count). The van der Waals surface area contributed by atoms with Crippen LogP contribution in [0.15, 0.2) is 15.9 Å².